The van der Waals surface area contributed by atoms with Crippen LogP contribution in [0.2, 0.25) is 5.02 Å². The summed E-state index contributed by atoms with van der Waals surface area (Å²) in [7, 11) is 0. The normalized spacial score (nSPS) is 21.3. The molecule has 0 radical (unpaired) electrons. The fraction of sp³-hybridized carbons (Fsp3) is 0.417. The van der Waals surface area contributed by atoms with Gasteiger partial charge in [0.15, 0.2) is 0 Å². The maximum atomic E-state index is 6.40. The van der Waals surface area contributed by atoms with Gasteiger partial charge in [-0.25, -0.2) is 9.97 Å². The predicted molar refractivity (Wildman–Crippen MR) is 130 cm³/mol. The second-order valence-corrected chi connectivity index (χ2v) is 9.04. The first kappa shape index (κ1) is 20.9. The van der Waals surface area contributed by atoms with Crippen molar-refractivity contribution in [1.82, 2.24) is 19.9 Å². The molecular weight excluding hydrogens is 422 g/mol. The van der Waals surface area contributed by atoms with E-state index in [4.69, 9.17) is 21.6 Å². The lowest BCUT2D eigenvalue weighted by molar-refractivity contribution is 0.542. The second kappa shape index (κ2) is 8.90. The molecule has 0 spiro atoms. The lowest BCUT2D eigenvalue weighted by atomic mass is 10.1. The van der Waals surface area contributed by atoms with Crippen LogP contribution in [-0.2, 0) is 0 Å². The van der Waals surface area contributed by atoms with Crippen molar-refractivity contribution in [3.63, 3.8) is 0 Å². The van der Waals surface area contributed by atoms with Gasteiger partial charge in [-0.05, 0) is 51.0 Å². The van der Waals surface area contributed by atoms with Gasteiger partial charge in [-0.2, -0.15) is 4.98 Å². The van der Waals surface area contributed by atoms with Crippen molar-refractivity contribution in [3.8, 4) is 11.3 Å². The van der Waals surface area contributed by atoms with Crippen molar-refractivity contribution in [2.75, 3.05) is 40.9 Å². The van der Waals surface area contributed by atoms with E-state index in [1.54, 1.807) is 12.4 Å². The first-order chi connectivity index (χ1) is 15.6. The zero-order chi connectivity index (χ0) is 22.1. The van der Waals surface area contributed by atoms with Gasteiger partial charge in [0.1, 0.15) is 11.6 Å². The van der Waals surface area contributed by atoms with Crippen LogP contribution in [-0.4, -0.2) is 58.2 Å². The average molecular weight is 450 g/mol. The van der Waals surface area contributed by atoms with E-state index < -0.39 is 0 Å². The monoisotopic (exact) mass is 449 g/mol. The highest BCUT2D eigenvalue weighted by atomic mass is 35.5. The third kappa shape index (κ3) is 4.09. The van der Waals surface area contributed by atoms with Gasteiger partial charge >= 0.3 is 0 Å². The third-order valence-electron chi connectivity index (χ3n) is 6.43. The van der Waals surface area contributed by atoms with E-state index >= 15 is 0 Å². The van der Waals surface area contributed by atoms with Gasteiger partial charge in [-0.15, -0.1) is 0 Å². The number of hydrogen-bond donors (Lipinski definition) is 0. The zero-order valence-corrected chi connectivity index (χ0v) is 19.3. The summed E-state index contributed by atoms with van der Waals surface area (Å²) in [5.74, 6) is 2.63. The number of halogens is 1. The fourth-order valence-electron chi connectivity index (χ4n) is 4.69. The number of rotatable bonds is 4. The summed E-state index contributed by atoms with van der Waals surface area (Å²) in [5.41, 5.74) is 1.93. The minimum Gasteiger partial charge on any atom is -0.352 e. The van der Waals surface area contributed by atoms with Crippen LogP contribution in [0, 0.1) is 0 Å². The van der Waals surface area contributed by atoms with E-state index in [0.29, 0.717) is 11.1 Å². The molecule has 0 bridgehead atoms. The minimum absolute atomic E-state index is 0.252. The standard InChI is InChI=1S/C24H28ClN7/c1-17-6-5-11-32(17)24-28-21(19-7-3-9-26-15-19)14-22(29-24)31-13-12-30(16-18(31)2)23-20(25)8-4-10-27-23/h3-4,7-10,14-15,17-18H,5-6,11-13,16H2,1-2H3. The fourth-order valence-corrected chi connectivity index (χ4v) is 4.93. The molecule has 0 saturated carbocycles. The number of hydrogen-bond acceptors (Lipinski definition) is 7. The molecule has 2 fully saturated rings. The molecule has 3 aromatic heterocycles. The molecule has 2 unspecified atom stereocenters. The summed E-state index contributed by atoms with van der Waals surface area (Å²) >= 11 is 6.40. The molecule has 166 valence electrons. The number of nitrogens with zero attached hydrogens (tertiary/aromatic N) is 7. The first-order valence-corrected chi connectivity index (χ1v) is 11.7. The van der Waals surface area contributed by atoms with Gasteiger partial charge in [0.2, 0.25) is 5.95 Å². The molecule has 2 aliphatic heterocycles. The quantitative estimate of drug-likeness (QED) is 0.588. The summed E-state index contributed by atoms with van der Waals surface area (Å²) in [6, 6.07) is 10.6. The molecule has 0 aromatic carbocycles. The topological polar surface area (TPSA) is 61.3 Å². The summed E-state index contributed by atoms with van der Waals surface area (Å²) < 4.78 is 0. The van der Waals surface area contributed by atoms with Crippen molar-refractivity contribution in [2.24, 2.45) is 0 Å². The van der Waals surface area contributed by atoms with Crippen LogP contribution >= 0.6 is 11.6 Å². The maximum Gasteiger partial charge on any atom is 0.228 e. The maximum absolute atomic E-state index is 6.40. The Morgan fingerprint density at radius 1 is 0.969 bits per heavy atom. The van der Waals surface area contributed by atoms with E-state index in [-0.39, 0.29) is 6.04 Å². The van der Waals surface area contributed by atoms with Gasteiger partial charge in [0, 0.05) is 68.5 Å². The highest BCUT2D eigenvalue weighted by Crippen LogP contribution is 2.31. The third-order valence-corrected chi connectivity index (χ3v) is 6.72. The van der Waals surface area contributed by atoms with Crippen molar-refractivity contribution < 1.29 is 0 Å². The van der Waals surface area contributed by atoms with E-state index in [1.807, 2.05) is 24.4 Å². The lowest BCUT2D eigenvalue weighted by Crippen LogP contribution is -2.52. The van der Waals surface area contributed by atoms with E-state index in [1.165, 1.54) is 12.8 Å². The Labute approximate surface area is 194 Å². The van der Waals surface area contributed by atoms with Crippen LogP contribution in [0.1, 0.15) is 26.7 Å². The molecule has 2 aliphatic rings. The Balaban J connectivity index is 1.47. The molecule has 8 heteroatoms. The molecule has 5 rings (SSSR count). The molecule has 0 aliphatic carbocycles. The van der Waals surface area contributed by atoms with Crippen LogP contribution in [0.25, 0.3) is 11.3 Å². The van der Waals surface area contributed by atoms with Crippen LogP contribution < -0.4 is 14.7 Å². The molecule has 32 heavy (non-hydrogen) atoms. The number of aromatic nitrogens is 4. The molecule has 3 aromatic rings. The molecule has 7 nitrogen and oxygen atoms in total. The molecule has 2 saturated heterocycles. The van der Waals surface area contributed by atoms with Gasteiger partial charge in [0.25, 0.3) is 0 Å². The van der Waals surface area contributed by atoms with Crippen LogP contribution in [0.15, 0.2) is 48.9 Å². The van der Waals surface area contributed by atoms with Gasteiger partial charge in [0.05, 0.1) is 10.7 Å². The zero-order valence-electron chi connectivity index (χ0n) is 18.5. The van der Waals surface area contributed by atoms with Crippen molar-refractivity contribution >= 4 is 29.2 Å². The number of pyridine rings is 2. The van der Waals surface area contributed by atoms with Crippen molar-refractivity contribution in [3.05, 3.63) is 53.9 Å². The second-order valence-electron chi connectivity index (χ2n) is 8.63. The Morgan fingerprint density at radius 3 is 2.56 bits per heavy atom. The minimum atomic E-state index is 0.252. The largest absolute Gasteiger partial charge is 0.352 e. The highest BCUT2D eigenvalue weighted by Gasteiger charge is 2.29. The summed E-state index contributed by atoms with van der Waals surface area (Å²) in [6.07, 6.45) is 7.81. The number of anilines is 3. The lowest BCUT2D eigenvalue weighted by Gasteiger charge is -2.41. The van der Waals surface area contributed by atoms with Gasteiger partial charge < -0.3 is 14.7 Å². The first-order valence-electron chi connectivity index (χ1n) is 11.3. The van der Waals surface area contributed by atoms with Gasteiger partial charge in [-0.1, -0.05) is 11.6 Å². The molecule has 2 atom stereocenters. The Bertz CT molecular complexity index is 1080. The Kier molecular flexibility index (Phi) is 5.83. The van der Waals surface area contributed by atoms with E-state index in [0.717, 1.165) is 55.0 Å². The summed E-state index contributed by atoms with van der Waals surface area (Å²) in [4.78, 5) is 25.7. The van der Waals surface area contributed by atoms with Crippen LogP contribution in [0.3, 0.4) is 0 Å². The molecule has 0 amide bonds. The average Bonchev–Trinajstić information content (AvgIpc) is 3.25. The van der Waals surface area contributed by atoms with Gasteiger partial charge in [-0.3, -0.25) is 4.98 Å². The molecule has 5 heterocycles. The van der Waals surface area contributed by atoms with Crippen LogP contribution in [0.5, 0.6) is 0 Å². The predicted octanol–water partition coefficient (Wildman–Crippen LogP) is 4.29. The van der Waals surface area contributed by atoms with Crippen molar-refractivity contribution in [1.29, 1.82) is 0 Å². The van der Waals surface area contributed by atoms with E-state index in [2.05, 4.69) is 50.6 Å². The molecule has 0 N–H and O–H groups in total. The summed E-state index contributed by atoms with van der Waals surface area (Å²) in [5, 5.41) is 0.694. The highest BCUT2D eigenvalue weighted by molar-refractivity contribution is 6.32. The smallest absolute Gasteiger partial charge is 0.228 e. The molecular formula is C24H28ClN7. The number of piperazine rings is 1. The Morgan fingerprint density at radius 2 is 1.84 bits per heavy atom. The van der Waals surface area contributed by atoms with E-state index in [9.17, 15) is 0 Å². The SMILES string of the molecule is CC1CN(c2ncccc2Cl)CCN1c1cc(-c2cccnc2)nc(N2CCCC2C)n1. The van der Waals surface area contributed by atoms with Crippen molar-refractivity contribution in [2.45, 2.75) is 38.8 Å². The Hall–Kier alpha value is -2.93. The summed E-state index contributed by atoms with van der Waals surface area (Å²) in [6.45, 7) is 7.99. The van der Waals surface area contributed by atoms with Crippen LogP contribution in [0.4, 0.5) is 17.6 Å².